The molecule has 0 spiro atoms. The Morgan fingerprint density at radius 2 is 1.66 bits per heavy atom. The van der Waals surface area contributed by atoms with Crippen LogP contribution in [0.15, 0.2) is 71.6 Å². The van der Waals surface area contributed by atoms with Crippen LogP contribution in [0.5, 0.6) is 5.75 Å². The van der Waals surface area contributed by atoms with E-state index in [4.69, 9.17) is 4.74 Å². The van der Waals surface area contributed by atoms with E-state index in [1.165, 1.54) is 31.4 Å². The minimum Gasteiger partial charge on any atom is -0.497 e. The molecule has 3 aromatic carbocycles. The standard InChI is InChI=1S/C22H21F2NO3S/c1-15-7-10-19(14-22(15)24)25(16(2)17-5-4-6-20(13-17)28-3)29(26,27)21-11-8-18(23)9-12-21/h4-14,16H,1-3H3/t16-/m0/s1. The van der Waals surface area contributed by atoms with Crippen LogP contribution >= 0.6 is 0 Å². The quantitative estimate of drug-likeness (QED) is 0.551. The highest BCUT2D eigenvalue weighted by molar-refractivity contribution is 7.92. The number of halogens is 2. The summed E-state index contributed by atoms with van der Waals surface area (Å²) in [7, 11) is -2.59. The molecule has 3 rings (SSSR count). The van der Waals surface area contributed by atoms with E-state index >= 15 is 0 Å². The van der Waals surface area contributed by atoms with Gasteiger partial charge in [-0.3, -0.25) is 4.31 Å². The van der Waals surface area contributed by atoms with E-state index in [9.17, 15) is 17.2 Å². The van der Waals surface area contributed by atoms with E-state index in [1.54, 1.807) is 44.2 Å². The number of methoxy groups -OCH3 is 1. The summed E-state index contributed by atoms with van der Waals surface area (Å²) in [5, 5.41) is 0. The third-order valence-electron chi connectivity index (χ3n) is 4.71. The van der Waals surface area contributed by atoms with Crippen LogP contribution in [0.25, 0.3) is 0 Å². The van der Waals surface area contributed by atoms with Crippen molar-refractivity contribution in [2.75, 3.05) is 11.4 Å². The summed E-state index contributed by atoms with van der Waals surface area (Å²) in [6.45, 7) is 3.30. The Morgan fingerprint density at radius 3 is 2.28 bits per heavy atom. The first kappa shape index (κ1) is 20.8. The molecule has 0 saturated carbocycles. The number of hydrogen-bond donors (Lipinski definition) is 0. The molecule has 0 saturated heterocycles. The van der Waals surface area contributed by atoms with Crippen molar-refractivity contribution in [1.82, 2.24) is 0 Å². The Bertz CT molecular complexity index is 1120. The zero-order valence-electron chi connectivity index (χ0n) is 16.3. The topological polar surface area (TPSA) is 46.6 Å². The van der Waals surface area contributed by atoms with Crippen LogP contribution in [-0.2, 0) is 10.0 Å². The zero-order valence-corrected chi connectivity index (χ0v) is 17.1. The van der Waals surface area contributed by atoms with Crippen LogP contribution in [0.4, 0.5) is 14.5 Å². The largest absolute Gasteiger partial charge is 0.497 e. The van der Waals surface area contributed by atoms with Gasteiger partial charge in [0.25, 0.3) is 10.0 Å². The predicted octanol–water partition coefficient (Wildman–Crippen LogP) is 5.24. The van der Waals surface area contributed by atoms with Crippen LogP contribution in [0.1, 0.15) is 24.1 Å². The second-order valence-electron chi connectivity index (χ2n) is 6.64. The average molecular weight is 417 g/mol. The average Bonchev–Trinajstić information content (AvgIpc) is 2.71. The normalized spacial score (nSPS) is 12.4. The van der Waals surface area contributed by atoms with Gasteiger partial charge < -0.3 is 4.74 Å². The first-order valence-corrected chi connectivity index (χ1v) is 10.4. The molecule has 29 heavy (non-hydrogen) atoms. The minimum atomic E-state index is -4.11. The molecule has 0 heterocycles. The molecule has 0 radical (unpaired) electrons. The van der Waals surface area contributed by atoms with E-state index in [1.807, 2.05) is 0 Å². The molecule has 3 aromatic rings. The third-order valence-corrected chi connectivity index (χ3v) is 6.62. The molecular formula is C22H21F2NO3S. The van der Waals surface area contributed by atoms with Crippen LogP contribution in [-0.4, -0.2) is 15.5 Å². The Morgan fingerprint density at radius 1 is 0.966 bits per heavy atom. The summed E-state index contributed by atoms with van der Waals surface area (Å²) < 4.78 is 60.9. The van der Waals surface area contributed by atoms with Crippen LogP contribution in [0, 0.1) is 18.6 Å². The van der Waals surface area contributed by atoms with E-state index in [0.717, 1.165) is 16.4 Å². The lowest BCUT2D eigenvalue weighted by molar-refractivity contribution is 0.414. The Balaban J connectivity index is 2.17. The summed E-state index contributed by atoms with van der Waals surface area (Å²) in [5.41, 5.74) is 1.24. The fourth-order valence-electron chi connectivity index (χ4n) is 3.05. The van der Waals surface area contributed by atoms with Gasteiger partial charge in [-0.05, 0) is 73.5 Å². The Kier molecular flexibility index (Phi) is 5.88. The van der Waals surface area contributed by atoms with Gasteiger partial charge in [-0.2, -0.15) is 0 Å². The number of sulfonamides is 1. The van der Waals surface area contributed by atoms with Crippen molar-refractivity contribution < 1.29 is 21.9 Å². The van der Waals surface area contributed by atoms with Gasteiger partial charge in [0.05, 0.1) is 23.7 Å². The van der Waals surface area contributed by atoms with Gasteiger partial charge in [-0.1, -0.05) is 18.2 Å². The predicted molar refractivity (Wildman–Crippen MR) is 109 cm³/mol. The molecule has 0 unspecified atom stereocenters. The van der Waals surface area contributed by atoms with Gasteiger partial charge in [0, 0.05) is 0 Å². The lowest BCUT2D eigenvalue weighted by atomic mass is 10.1. The maximum absolute atomic E-state index is 14.3. The number of ether oxygens (including phenoxy) is 1. The van der Waals surface area contributed by atoms with E-state index in [2.05, 4.69) is 0 Å². The number of aryl methyl sites for hydroxylation is 1. The Hall–Kier alpha value is -2.93. The molecule has 152 valence electrons. The molecule has 0 bridgehead atoms. The first-order valence-electron chi connectivity index (χ1n) is 8.94. The SMILES string of the molecule is COc1cccc([C@H](C)N(c2ccc(C)c(F)c2)S(=O)(=O)c2ccc(F)cc2)c1. The van der Waals surface area contributed by atoms with Crippen molar-refractivity contribution in [2.24, 2.45) is 0 Å². The molecule has 0 amide bonds. The molecule has 0 fully saturated rings. The summed E-state index contributed by atoms with van der Waals surface area (Å²) >= 11 is 0. The van der Waals surface area contributed by atoms with Gasteiger partial charge in [0.1, 0.15) is 17.4 Å². The lowest BCUT2D eigenvalue weighted by Gasteiger charge is -2.31. The van der Waals surface area contributed by atoms with Crippen molar-refractivity contribution in [3.63, 3.8) is 0 Å². The molecule has 7 heteroatoms. The molecule has 4 nitrogen and oxygen atoms in total. The molecule has 0 aliphatic heterocycles. The van der Waals surface area contributed by atoms with E-state index in [-0.39, 0.29) is 10.6 Å². The number of rotatable bonds is 6. The number of hydrogen-bond acceptors (Lipinski definition) is 3. The van der Waals surface area contributed by atoms with Crippen molar-refractivity contribution in [3.8, 4) is 5.75 Å². The van der Waals surface area contributed by atoms with Crippen LogP contribution in [0.2, 0.25) is 0 Å². The summed E-state index contributed by atoms with van der Waals surface area (Å²) in [5.74, 6) is -0.485. The highest BCUT2D eigenvalue weighted by Gasteiger charge is 2.31. The van der Waals surface area contributed by atoms with Gasteiger partial charge in [-0.25, -0.2) is 17.2 Å². The summed E-state index contributed by atoms with van der Waals surface area (Å²) in [6.07, 6.45) is 0. The van der Waals surface area contributed by atoms with Crippen LogP contribution < -0.4 is 9.04 Å². The second kappa shape index (κ2) is 8.21. The highest BCUT2D eigenvalue weighted by atomic mass is 32.2. The van der Waals surface area contributed by atoms with Crippen molar-refractivity contribution in [1.29, 1.82) is 0 Å². The number of nitrogens with zero attached hydrogens (tertiary/aromatic N) is 1. The maximum atomic E-state index is 14.3. The number of anilines is 1. The minimum absolute atomic E-state index is 0.0883. The highest BCUT2D eigenvalue weighted by Crippen LogP contribution is 2.35. The lowest BCUT2D eigenvalue weighted by Crippen LogP contribution is -2.34. The van der Waals surface area contributed by atoms with Crippen molar-refractivity contribution in [2.45, 2.75) is 24.8 Å². The van der Waals surface area contributed by atoms with Crippen LogP contribution in [0.3, 0.4) is 0 Å². The molecular weight excluding hydrogens is 396 g/mol. The first-order chi connectivity index (χ1) is 13.7. The smallest absolute Gasteiger partial charge is 0.264 e. The molecule has 0 N–H and O–H groups in total. The number of benzene rings is 3. The van der Waals surface area contributed by atoms with Crippen molar-refractivity contribution in [3.05, 3.63) is 89.5 Å². The van der Waals surface area contributed by atoms with Gasteiger partial charge in [-0.15, -0.1) is 0 Å². The van der Waals surface area contributed by atoms with E-state index < -0.39 is 27.7 Å². The zero-order chi connectivity index (χ0) is 21.2. The van der Waals surface area contributed by atoms with Crippen molar-refractivity contribution >= 4 is 15.7 Å². The third kappa shape index (κ3) is 4.24. The summed E-state index contributed by atoms with van der Waals surface area (Å²) in [6, 6.07) is 15.1. The van der Waals surface area contributed by atoms with Gasteiger partial charge in [0.15, 0.2) is 0 Å². The molecule has 0 aliphatic carbocycles. The fourth-order valence-corrected chi connectivity index (χ4v) is 4.68. The molecule has 1 atom stereocenters. The second-order valence-corrected chi connectivity index (χ2v) is 8.46. The van der Waals surface area contributed by atoms with E-state index in [0.29, 0.717) is 16.9 Å². The molecule has 0 aliphatic rings. The molecule has 0 aromatic heterocycles. The maximum Gasteiger partial charge on any atom is 0.264 e. The van der Waals surface area contributed by atoms with Gasteiger partial charge in [0.2, 0.25) is 0 Å². The van der Waals surface area contributed by atoms with Gasteiger partial charge >= 0.3 is 0 Å². The fraction of sp³-hybridized carbons (Fsp3) is 0.182. The Labute approximate surface area is 169 Å². The summed E-state index contributed by atoms with van der Waals surface area (Å²) in [4.78, 5) is -0.0883. The monoisotopic (exact) mass is 417 g/mol.